The topological polar surface area (TPSA) is 56.0 Å². The van der Waals surface area contributed by atoms with Crippen molar-refractivity contribution in [1.29, 1.82) is 0 Å². The molecule has 0 aromatic carbocycles. The molecule has 0 N–H and O–H groups in total. The summed E-state index contributed by atoms with van der Waals surface area (Å²) in [5, 5.41) is 10.5. The lowest BCUT2D eigenvalue weighted by molar-refractivity contribution is -0.387. The molecule has 0 radical (unpaired) electrons. The van der Waals surface area contributed by atoms with Crippen molar-refractivity contribution in [2.24, 2.45) is 0 Å². The number of alkyl halides is 2. The predicted octanol–water partition coefficient (Wildman–Crippen LogP) is 3.45. The third-order valence-electron chi connectivity index (χ3n) is 1.39. The summed E-state index contributed by atoms with van der Waals surface area (Å²) in [5.41, 5.74) is -0.997. The van der Waals surface area contributed by atoms with E-state index < -0.39 is 22.6 Å². The quantitative estimate of drug-likeness (QED) is 0.474. The molecule has 0 aliphatic heterocycles. The number of nitro groups is 1. The molecule has 14 heavy (non-hydrogen) atoms. The normalized spacial score (nSPS) is 10.6. The molecule has 0 aliphatic rings. The van der Waals surface area contributed by atoms with Gasteiger partial charge in [-0.3, -0.25) is 10.1 Å². The van der Waals surface area contributed by atoms with Crippen molar-refractivity contribution >= 4 is 37.5 Å². The van der Waals surface area contributed by atoms with Crippen LogP contribution in [0.2, 0.25) is 0 Å². The van der Waals surface area contributed by atoms with E-state index in [2.05, 4.69) is 36.8 Å². The van der Waals surface area contributed by atoms with Gasteiger partial charge in [0.1, 0.15) is 4.47 Å². The van der Waals surface area contributed by atoms with E-state index in [4.69, 9.17) is 0 Å². The molecule has 0 saturated heterocycles. The van der Waals surface area contributed by atoms with Crippen molar-refractivity contribution < 1.29 is 13.7 Å². The second-order valence-electron chi connectivity index (χ2n) is 2.22. The Morgan fingerprint density at radius 3 is 2.50 bits per heavy atom. The molecule has 1 aromatic rings. The van der Waals surface area contributed by atoms with Gasteiger partial charge in [0.2, 0.25) is 0 Å². The van der Waals surface area contributed by atoms with Crippen LogP contribution < -0.4 is 0 Å². The molecule has 0 saturated carbocycles. The highest BCUT2D eigenvalue weighted by Gasteiger charge is 2.25. The summed E-state index contributed by atoms with van der Waals surface area (Å²) in [7, 11) is 0. The number of rotatable bonds is 2. The standard InChI is InChI=1S/C6H2Br2F2N2O2/c7-3-2(6(9)10)1-11-5(8)4(3)12(13)14/h1,6H. The van der Waals surface area contributed by atoms with Gasteiger partial charge < -0.3 is 0 Å². The van der Waals surface area contributed by atoms with E-state index in [0.29, 0.717) is 0 Å². The van der Waals surface area contributed by atoms with Crippen LogP contribution >= 0.6 is 31.9 Å². The van der Waals surface area contributed by atoms with Crippen LogP contribution in [0.4, 0.5) is 14.5 Å². The molecule has 0 atom stereocenters. The van der Waals surface area contributed by atoms with Gasteiger partial charge in [-0.15, -0.1) is 0 Å². The Kier molecular flexibility index (Phi) is 3.48. The van der Waals surface area contributed by atoms with Gasteiger partial charge in [0.05, 0.1) is 10.5 Å². The van der Waals surface area contributed by atoms with Crippen LogP contribution in [0.5, 0.6) is 0 Å². The number of hydrogen-bond acceptors (Lipinski definition) is 3. The number of aromatic nitrogens is 1. The first-order valence-electron chi connectivity index (χ1n) is 3.21. The highest BCUT2D eigenvalue weighted by Crippen LogP contribution is 2.37. The van der Waals surface area contributed by atoms with Crippen molar-refractivity contribution in [2.75, 3.05) is 0 Å². The summed E-state index contributed by atoms with van der Waals surface area (Å²) >= 11 is 5.54. The minimum absolute atomic E-state index is 0.0845. The maximum absolute atomic E-state index is 12.3. The van der Waals surface area contributed by atoms with E-state index in [1.54, 1.807) is 0 Å². The Bertz CT molecular complexity index is 386. The summed E-state index contributed by atoms with van der Waals surface area (Å²) in [6, 6.07) is 0. The van der Waals surface area contributed by atoms with Crippen molar-refractivity contribution in [3.63, 3.8) is 0 Å². The molecule has 1 aromatic heterocycles. The molecule has 8 heteroatoms. The zero-order chi connectivity index (χ0) is 10.9. The van der Waals surface area contributed by atoms with E-state index in [0.717, 1.165) is 6.20 Å². The monoisotopic (exact) mass is 330 g/mol. The highest BCUT2D eigenvalue weighted by atomic mass is 79.9. The largest absolute Gasteiger partial charge is 0.316 e. The van der Waals surface area contributed by atoms with E-state index in [-0.39, 0.29) is 9.08 Å². The second kappa shape index (κ2) is 4.26. The van der Waals surface area contributed by atoms with Crippen LogP contribution in [0, 0.1) is 10.1 Å². The lowest BCUT2D eigenvalue weighted by atomic mass is 10.3. The van der Waals surface area contributed by atoms with Crippen LogP contribution in [0.25, 0.3) is 0 Å². The van der Waals surface area contributed by atoms with Crippen LogP contribution in [0.3, 0.4) is 0 Å². The van der Waals surface area contributed by atoms with Gasteiger partial charge in [-0.1, -0.05) is 0 Å². The van der Waals surface area contributed by atoms with Crippen molar-refractivity contribution in [1.82, 2.24) is 4.98 Å². The van der Waals surface area contributed by atoms with E-state index in [9.17, 15) is 18.9 Å². The first-order chi connectivity index (χ1) is 6.45. The van der Waals surface area contributed by atoms with Crippen LogP contribution in [0.15, 0.2) is 15.3 Å². The minimum atomic E-state index is -2.80. The van der Waals surface area contributed by atoms with Gasteiger partial charge in [-0.05, 0) is 31.9 Å². The average Bonchev–Trinajstić information content (AvgIpc) is 2.02. The second-order valence-corrected chi connectivity index (χ2v) is 3.77. The molecule has 0 fully saturated rings. The Hall–Kier alpha value is -0.630. The van der Waals surface area contributed by atoms with Crippen LogP contribution in [0.1, 0.15) is 12.0 Å². The Balaban J connectivity index is 3.41. The van der Waals surface area contributed by atoms with E-state index in [1.807, 2.05) is 0 Å². The van der Waals surface area contributed by atoms with Crippen molar-refractivity contribution in [3.8, 4) is 0 Å². The van der Waals surface area contributed by atoms with E-state index >= 15 is 0 Å². The number of pyridine rings is 1. The summed E-state index contributed by atoms with van der Waals surface area (Å²) in [5.74, 6) is 0. The van der Waals surface area contributed by atoms with E-state index in [1.165, 1.54) is 0 Å². The van der Waals surface area contributed by atoms with Crippen LogP contribution in [-0.4, -0.2) is 9.91 Å². The molecule has 4 nitrogen and oxygen atoms in total. The van der Waals surface area contributed by atoms with Gasteiger partial charge >= 0.3 is 5.69 Å². The third kappa shape index (κ3) is 2.06. The molecule has 0 spiro atoms. The number of nitrogens with zero attached hydrogens (tertiary/aromatic N) is 2. The molecule has 76 valence electrons. The zero-order valence-electron chi connectivity index (χ0n) is 6.38. The molecule has 0 unspecified atom stereocenters. The third-order valence-corrected chi connectivity index (χ3v) is 2.81. The molecule has 1 heterocycles. The first-order valence-corrected chi connectivity index (χ1v) is 4.80. The lowest BCUT2D eigenvalue weighted by Gasteiger charge is -2.03. The predicted molar refractivity (Wildman–Crippen MR) is 51.2 cm³/mol. The number of halogens is 4. The Labute approximate surface area is 93.7 Å². The van der Waals surface area contributed by atoms with Crippen molar-refractivity contribution in [2.45, 2.75) is 6.43 Å². The highest BCUT2D eigenvalue weighted by molar-refractivity contribution is 9.11. The molecule has 0 bridgehead atoms. The van der Waals surface area contributed by atoms with Gasteiger partial charge in [0.25, 0.3) is 6.43 Å². The maximum atomic E-state index is 12.3. The van der Waals surface area contributed by atoms with Crippen molar-refractivity contribution in [3.05, 3.63) is 31.0 Å². The Morgan fingerprint density at radius 2 is 2.07 bits per heavy atom. The Morgan fingerprint density at radius 1 is 1.50 bits per heavy atom. The molecule has 1 rings (SSSR count). The minimum Gasteiger partial charge on any atom is -0.258 e. The zero-order valence-corrected chi connectivity index (χ0v) is 9.55. The number of hydrogen-bond donors (Lipinski definition) is 0. The summed E-state index contributed by atoms with van der Waals surface area (Å²) in [6.45, 7) is 0. The molecular formula is C6H2Br2F2N2O2. The van der Waals surface area contributed by atoms with Gasteiger partial charge in [0.15, 0.2) is 4.60 Å². The first kappa shape index (κ1) is 11.4. The maximum Gasteiger partial charge on any atom is 0.316 e. The van der Waals surface area contributed by atoms with Crippen LogP contribution in [-0.2, 0) is 0 Å². The summed E-state index contributed by atoms with van der Waals surface area (Å²) < 4.78 is 24.3. The lowest BCUT2D eigenvalue weighted by Crippen LogP contribution is -1.97. The fourth-order valence-corrected chi connectivity index (χ4v) is 2.10. The average molecular weight is 332 g/mol. The SMILES string of the molecule is O=[N+]([O-])c1c(Br)ncc(C(F)F)c1Br. The van der Waals surface area contributed by atoms with Gasteiger partial charge in [-0.25, -0.2) is 13.8 Å². The fraction of sp³-hybridized carbons (Fsp3) is 0.167. The van der Waals surface area contributed by atoms with Gasteiger partial charge in [-0.2, -0.15) is 0 Å². The smallest absolute Gasteiger partial charge is 0.258 e. The molecular weight excluding hydrogens is 330 g/mol. The molecule has 0 amide bonds. The fourth-order valence-electron chi connectivity index (χ4n) is 0.779. The molecule has 0 aliphatic carbocycles. The summed E-state index contributed by atoms with van der Waals surface area (Å²) in [4.78, 5) is 13.1. The summed E-state index contributed by atoms with van der Waals surface area (Å²) in [6.07, 6.45) is -1.92. The van der Waals surface area contributed by atoms with Gasteiger partial charge in [0, 0.05) is 6.20 Å².